The number of rotatable bonds is 8. The van der Waals surface area contributed by atoms with E-state index < -0.39 is 18.0 Å². The summed E-state index contributed by atoms with van der Waals surface area (Å²) in [5.41, 5.74) is 1.64. The third kappa shape index (κ3) is 7.50. The first-order valence-corrected chi connectivity index (χ1v) is 10.0. The number of para-hydroxylation sites is 1. The third-order valence-electron chi connectivity index (χ3n) is 5.16. The van der Waals surface area contributed by atoms with Crippen molar-refractivity contribution >= 4 is 11.9 Å². The SMILES string of the molecule is O=C(O)C(=O)O.OC(CNCC1(c2ccccc2)CCCC1)COc1ccccc1. The number of carboxylic acids is 2. The van der Waals surface area contributed by atoms with Gasteiger partial charge >= 0.3 is 11.9 Å². The van der Waals surface area contributed by atoms with E-state index in [2.05, 4.69) is 35.6 Å². The Balaban J connectivity index is 0.000000469. The Morgan fingerprint density at radius 1 is 0.933 bits per heavy atom. The zero-order valence-electron chi connectivity index (χ0n) is 16.9. The molecule has 7 nitrogen and oxygen atoms in total. The van der Waals surface area contributed by atoms with Gasteiger partial charge in [-0.15, -0.1) is 0 Å². The van der Waals surface area contributed by atoms with Gasteiger partial charge in [-0.1, -0.05) is 61.4 Å². The van der Waals surface area contributed by atoms with Crippen LogP contribution in [0.1, 0.15) is 31.2 Å². The molecule has 1 atom stereocenters. The van der Waals surface area contributed by atoms with Crippen molar-refractivity contribution in [1.82, 2.24) is 5.32 Å². The first kappa shape index (κ1) is 23.4. The van der Waals surface area contributed by atoms with Crippen LogP contribution in [0.25, 0.3) is 0 Å². The van der Waals surface area contributed by atoms with Crippen LogP contribution in [0.15, 0.2) is 60.7 Å². The number of aliphatic carboxylic acids is 2. The minimum absolute atomic E-state index is 0.223. The fourth-order valence-electron chi connectivity index (χ4n) is 3.66. The molecule has 1 unspecified atom stereocenters. The molecule has 7 heteroatoms. The van der Waals surface area contributed by atoms with Gasteiger partial charge in [0.2, 0.25) is 0 Å². The molecule has 0 aromatic heterocycles. The number of hydrogen-bond acceptors (Lipinski definition) is 5. The van der Waals surface area contributed by atoms with E-state index in [4.69, 9.17) is 24.5 Å². The van der Waals surface area contributed by atoms with Gasteiger partial charge in [0.1, 0.15) is 18.5 Å². The van der Waals surface area contributed by atoms with E-state index in [1.807, 2.05) is 30.3 Å². The summed E-state index contributed by atoms with van der Waals surface area (Å²) in [4.78, 5) is 18.2. The Bertz CT molecular complexity index is 763. The van der Waals surface area contributed by atoms with E-state index in [1.165, 1.54) is 31.2 Å². The van der Waals surface area contributed by atoms with E-state index >= 15 is 0 Å². The van der Waals surface area contributed by atoms with Crippen LogP contribution in [-0.2, 0) is 15.0 Å². The van der Waals surface area contributed by atoms with Crippen LogP contribution in [0.5, 0.6) is 5.75 Å². The van der Waals surface area contributed by atoms with E-state index in [0.29, 0.717) is 13.2 Å². The van der Waals surface area contributed by atoms with Crippen LogP contribution in [0.3, 0.4) is 0 Å². The van der Waals surface area contributed by atoms with E-state index in [0.717, 1.165) is 12.3 Å². The van der Waals surface area contributed by atoms with Crippen LogP contribution in [-0.4, -0.2) is 53.1 Å². The number of carboxylic acid groups (broad SMARTS) is 2. The van der Waals surface area contributed by atoms with Crippen LogP contribution < -0.4 is 10.1 Å². The Kier molecular flexibility index (Phi) is 9.31. The second kappa shape index (κ2) is 11.9. The number of hydrogen-bond donors (Lipinski definition) is 4. The zero-order chi connectivity index (χ0) is 21.8. The molecule has 1 aliphatic carbocycles. The molecule has 0 radical (unpaired) electrons. The van der Waals surface area contributed by atoms with Crippen LogP contribution >= 0.6 is 0 Å². The summed E-state index contributed by atoms with van der Waals surface area (Å²) >= 11 is 0. The molecule has 2 aromatic carbocycles. The van der Waals surface area contributed by atoms with Gasteiger partial charge < -0.3 is 25.4 Å². The summed E-state index contributed by atoms with van der Waals surface area (Å²) in [6.45, 7) is 1.79. The first-order chi connectivity index (χ1) is 14.4. The molecule has 30 heavy (non-hydrogen) atoms. The summed E-state index contributed by atoms with van der Waals surface area (Å²) in [6, 6.07) is 20.4. The summed E-state index contributed by atoms with van der Waals surface area (Å²) in [5.74, 6) is -2.85. The Labute approximate surface area is 176 Å². The maximum Gasteiger partial charge on any atom is 0.414 e. The van der Waals surface area contributed by atoms with Crippen molar-refractivity contribution < 1.29 is 29.6 Å². The summed E-state index contributed by atoms with van der Waals surface area (Å²) in [7, 11) is 0. The van der Waals surface area contributed by atoms with Crippen molar-refractivity contribution in [2.24, 2.45) is 0 Å². The van der Waals surface area contributed by atoms with Crippen molar-refractivity contribution in [2.45, 2.75) is 37.2 Å². The molecule has 1 saturated carbocycles. The summed E-state index contributed by atoms with van der Waals surface area (Å²) < 4.78 is 5.61. The van der Waals surface area contributed by atoms with Crippen molar-refractivity contribution in [3.05, 3.63) is 66.2 Å². The van der Waals surface area contributed by atoms with Gasteiger partial charge in [0.25, 0.3) is 0 Å². The van der Waals surface area contributed by atoms with Crippen LogP contribution in [0, 0.1) is 0 Å². The maximum absolute atomic E-state index is 10.2. The number of aliphatic hydroxyl groups is 1. The largest absolute Gasteiger partial charge is 0.491 e. The van der Waals surface area contributed by atoms with Crippen molar-refractivity contribution in [1.29, 1.82) is 0 Å². The molecule has 0 spiro atoms. The minimum atomic E-state index is -1.82. The second-order valence-electron chi connectivity index (χ2n) is 7.37. The molecular weight excluding hydrogens is 386 g/mol. The fraction of sp³-hybridized carbons (Fsp3) is 0.391. The molecular formula is C23H29NO6. The molecule has 162 valence electrons. The highest BCUT2D eigenvalue weighted by atomic mass is 16.5. The monoisotopic (exact) mass is 415 g/mol. The third-order valence-corrected chi connectivity index (χ3v) is 5.16. The maximum atomic E-state index is 10.2. The number of aliphatic hydroxyl groups excluding tert-OH is 1. The van der Waals surface area contributed by atoms with Crippen LogP contribution in [0.4, 0.5) is 0 Å². The first-order valence-electron chi connectivity index (χ1n) is 10.0. The van der Waals surface area contributed by atoms with Gasteiger partial charge in [-0.05, 0) is 30.5 Å². The topological polar surface area (TPSA) is 116 Å². The lowest BCUT2D eigenvalue weighted by atomic mass is 9.79. The average molecular weight is 415 g/mol. The molecule has 0 amide bonds. The molecule has 4 N–H and O–H groups in total. The molecule has 2 aromatic rings. The lowest BCUT2D eigenvalue weighted by Crippen LogP contribution is -2.40. The molecule has 0 saturated heterocycles. The van der Waals surface area contributed by atoms with Gasteiger partial charge in [0.05, 0.1) is 0 Å². The molecule has 3 rings (SSSR count). The van der Waals surface area contributed by atoms with Crippen molar-refractivity contribution in [3.8, 4) is 5.75 Å². The molecule has 0 bridgehead atoms. The lowest BCUT2D eigenvalue weighted by molar-refractivity contribution is -0.159. The van der Waals surface area contributed by atoms with Crippen molar-refractivity contribution in [2.75, 3.05) is 19.7 Å². The van der Waals surface area contributed by atoms with E-state index in [1.54, 1.807) is 0 Å². The summed E-state index contributed by atoms with van der Waals surface area (Å²) in [6.07, 6.45) is 4.52. The van der Waals surface area contributed by atoms with Gasteiger partial charge in [-0.2, -0.15) is 0 Å². The quantitative estimate of drug-likeness (QED) is 0.490. The molecule has 0 aliphatic heterocycles. The van der Waals surface area contributed by atoms with E-state index in [9.17, 15) is 5.11 Å². The number of benzene rings is 2. The molecule has 1 fully saturated rings. The molecule has 0 heterocycles. The Morgan fingerprint density at radius 2 is 1.47 bits per heavy atom. The van der Waals surface area contributed by atoms with E-state index in [-0.39, 0.29) is 5.41 Å². The number of nitrogens with one attached hydrogen (secondary N) is 1. The standard InChI is InChI=1S/C21H27NO2.C2H2O4/c23-19(16-24-20-11-5-2-6-12-20)15-22-17-21(13-7-8-14-21)18-9-3-1-4-10-18;3-1(4)2(5)6/h1-6,9-12,19,22-23H,7-8,13-17H2;(H,3,4)(H,5,6). The van der Waals surface area contributed by atoms with Crippen LogP contribution in [0.2, 0.25) is 0 Å². The average Bonchev–Trinajstić information content (AvgIpc) is 3.24. The lowest BCUT2D eigenvalue weighted by Gasteiger charge is -2.30. The van der Waals surface area contributed by atoms with Gasteiger partial charge in [-0.3, -0.25) is 0 Å². The highest BCUT2D eigenvalue weighted by Gasteiger charge is 2.35. The fourth-order valence-corrected chi connectivity index (χ4v) is 3.66. The van der Waals surface area contributed by atoms with Crippen molar-refractivity contribution in [3.63, 3.8) is 0 Å². The zero-order valence-corrected chi connectivity index (χ0v) is 16.9. The van der Waals surface area contributed by atoms with Gasteiger partial charge in [0, 0.05) is 18.5 Å². The summed E-state index contributed by atoms with van der Waals surface area (Å²) in [5, 5.41) is 28.4. The van der Waals surface area contributed by atoms with Gasteiger partial charge in [-0.25, -0.2) is 9.59 Å². The Morgan fingerprint density at radius 3 is 2.00 bits per heavy atom. The van der Waals surface area contributed by atoms with Gasteiger partial charge in [0.15, 0.2) is 0 Å². The number of carbonyl (C=O) groups is 2. The highest BCUT2D eigenvalue weighted by molar-refractivity contribution is 6.27. The smallest absolute Gasteiger partial charge is 0.414 e. The predicted molar refractivity (Wildman–Crippen MR) is 113 cm³/mol. The Hall–Kier alpha value is -2.90. The number of ether oxygens (including phenoxy) is 1. The molecule has 1 aliphatic rings. The minimum Gasteiger partial charge on any atom is -0.491 e. The predicted octanol–water partition coefficient (Wildman–Crippen LogP) is 2.68. The highest BCUT2D eigenvalue weighted by Crippen LogP contribution is 2.40. The normalized spacial score (nSPS) is 15.5. The second-order valence-corrected chi connectivity index (χ2v) is 7.37.